The molecule has 0 atom stereocenters. The highest BCUT2D eigenvalue weighted by Crippen LogP contribution is 2.31. The van der Waals surface area contributed by atoms with E-state index >= 15 is 0 Å². The number of sulfonamides is 1. The molecule has 0 aromatic heterocycles. The van der Waals surface area contributed by atoms with Crippen molar-refractivity contribution < 1.29 is 13.2 Å². The molecular weight excluding hydrogens is 274 g/mol. The highest BCUT2D eigenvalue weighted by molar-refractivity contribution is 7.95. The van der Waals surface area contributed by atoms with Crippen molar-refractivity contribution in [1.82, 2.24) is 0 Å². The van der Waals surface area contributed by atoms with Gasteiger partial charge in [0.15, 0.2) is 0 Å². The molecule has 110 valence electrons. The van der Waals surface area contributed by atoms with Gasteiger partial charge in [0, 0.05) is 11.4 Å². The predicted octanol–water partition coefficient (Wildman–Crippen LogP) is 3.31. The Hall–Kier alpha value is -1.49. The molecule has 1 aromatic carbocycles. The summed E-state index contributed by atoms with van der Waals surface area (Å²) in [5.74, 6) is 0.716. The van der Waals surface area contributed by atoms with Crippen LogP contribution < -0.4 is 9.04 Å². The van der Waals surface area contributed by atoms with E-state index in [1.807, 2.05) is 0 Å². The minimum atomic E-state index is -3.48. The average Bonchev–Trinajstić information content (AvgIpc) is 2.49. The van der Waals surface area contributed by atoms with Crippen molar-refractivity contribution in [3.63, 3.8) is 0 Å². The fraction of sp³-hybridized carbons (Fsp3) is 0.467. The van der Waals surface area contributed by atoms with Gasteiger partial charge >= 0.3 is 0 Å². The largest absolute Gasteiger partial charge is 0.497 e. The van der Waals surface area contributed by atoms with Gasteiger partial charge < -0.3 is 4.74 Å². The first-order valence-electron chi connectivity index (χ1n) is 6.89. The van der Waals surface area contributed by atoms with E-state index in [9.17, 15) is 8.42 Å². The first-order chi connectivity index (χ1) is 9.58. The Morgan fingerprint density at radius 1 is 1.20 bits per heavy atom. The highest BCUT2D eigenvalue weighted by atomic mass is 32.2. The molecule has 0 bridgehead atoms. The van der Waals surface area contributed by atoms with E-state index in [4.69, 9.17) is 4.74 Å². The average molecular weight is 295 g/mol. The summed E-state index contributed by atoms with van der Waals surface area (Å²) in [5.41, 5.74) is 0.678. The number of anilines is 1. The Morgan fingerprint density at radius 2 is 1.80 bits per heavy atom. The van der Waals surface area contributed by atoms with E-state index in [2.05, 4.69) is 6.58 Å². The van der Waals surface area contributed by atoms with Crippen LogP contribution in [-0.4, -0.2) is 21.6 Å². The Labute approximate surface area is 121 Å². The van der Waals surface area contributed by atoms with Crippen LogP contribution in [0.3, 0.4) is 0 Å². The second-order valence-corrected chi connectivity index (χ2v) is 6.75. The van der Waals surface area contributed by atoms with E-state index in [-0.39, 0.29) is 6.04 Å². The molecule has 0 N–H and O–H groups in total. The van der Waals surface area contributed by atoms with Crippen LogP contribution in [0.25, 0.3) is 0 Å². The van der Waals surface area contributed by atoms with Crippen LogP contribution in [0.4, 0.5) is 5.69 Å². The molecule has 1 fully saturated rings. The van der Waals surface area contributed by atoms with Crippen LogP contribution in [0.1, 0.15) is 32.1 Å². The normalized spacial score (nSPS) is 16.6. The first-order valence-corrected chi connectivity index (χ1v) is 8.40. The van der Waals surface area contributed by atoms with E-state index < -0.39 is 10.0 Å². The lowest BCUT2D eigenvalue weighted by Gasteiger charge is -2.34. The summed E-state index contributed by atoms with van der Waals surface area (Å²) in [6, 6.07) is 7.16. The van der Waals surface area contributed by atoms with Crippen LogP contribution >= 0.6 is 0 Å². The minimum absolute atomic E-state index is 0.0279. The zero-order chi connectivity index (χ0) is 14.6. The van der Waals surface area contributed by atoms with Crippen molar-refractivity contribution in [2.75, 3.05) is 11.4 Å². The van der Waals surface area contributed by atoms with Gasteiger partial charge in [0.25, 0.3) is 10.0 Å². The summed E-state index contributed by atoms with van der Waals surface area (Å²) >= 11 is 0. The zero-order valence-electron chi connectivity index (χ0n) is 11.8. The molecule has 1 aliphatic rings. The number of methoxy groups -OCH3 is 1. The lowest BCUT2D eigenvalue weighted by atomic mass is 9.95. The maximum Gasteiger partial charge on any atom is 0.257 e. The van der Waals surface area contributed by atoms with Gasteiger partial charge in [-0.15, -0.1) is 0 Å². The minimum Gasteiger partial charge on any atom is -0.497 e. The highest BCUT2D eigenvalue weighted by Gasteiger charge is 2.29. The summed E-state index contributed by atoms with van der Waals surface area (Å²) in [7, 11) is -1.88. The summed E-state index contributed by atoms with van der Waals surface area (Å²) < 4.78 is 31.3. The first kappa shape index (κ1) is 14.9. The molecule has 0 amide bonds. The van der Waals surface area contributed by atoms with Crippen molar-refractivity contribution >= 4 is 15.7 Å². The monoisotopic (exact) mass is 295 g/mol. The number of hydrogen-bond donors (Lipinski definition) is 0. The van der Waals surface area contributed by atoms with E-state index in [0.29, 0.717) is 11.4 Å². The molecule has 20 heavy (non-hydrogen) atoms. The third-order valence-electron chi connectivity index (χ3n) is 3.72. The van der Waals surface area contributed by atoms with Gasteiger partial charge in [-0.25, -0.2) is 8.42 Å². The van der Waals surface area contributed by atoms with Gasteiger partial charge in [-0.3, -0.25) is 4.31 Å². The van der Waals surface area contributed by atoms with Gasteiger partial charge in [0.1, 0.15) is 5.75 Å². The van der Waals surface area contributed by atoms with Crippen molar-refractivity contribution in [3.05, 3.63) is 36.3 Å². The molecule has 5 heteroatoms. The van der Waals surface area contributed by atoms with Gasteiger partial charge in [-0.2, -0.15) is 0 Å². The fourth-order valence-electron chi connectivity index (χ4n) is 2.69. The predicted molar refractivity (Wildman–Crippen MR) is 81.5 cm³/mol. The van der Waals surface area contributed by atoms with Gasteiger partial charge in [-0.05, 0) is 37.1 Å². The molecule has 0 radical (unpaired) electrons. The lowest BCUT2D eigenvalue weighted by Crippen LogP contribution is -2.40. The third-order valence-corrected chi connectivity index (χ3v) is 5.20. The lowest BCUT2D eigenvalue weighted by molar-refractivity contribution is 0.414. The number of ether oxygens (including phenoxy) is 1. The SMILES string of the molecule is C=CS(=O)(=O)N(c1ccc(OC)cc1)C1CCCCC1. The molecule has 1 saturated carbocycles. The second kappa shape index (κ2) is 6.31. The van der Waals surface area contributed by atoms with Crippen molar-refractivity contribution in [2.45, 2.75) is 38.1 Å². The molecule has 0 heterocycles. The molecule has 4 nitrogen and oxygen atoms in total. The zero-order valence-corrected chi connectivity index (χ0v) is 12.6. The summed E-state index contributed by atoms with van der Waals surface area (Å²) in [6.07, 6.45) is 5.13. The van der Waals surface area contributed by atoms with Crippen LogP contribution in [-0.2, 0) is 10.0 Å². The summed E-state index contributed by atoms with van der Waals surface area (Å²) in [5, 5.41) is 1.03. The Balaban J connectivity index is 2.36. The van der Waals surface area contributed by atoms with Gasteiger partial charge in [0.05, 0.1) is 12.8 Å². The van der Waals surface area contributed by atoms with E-state index in [1.165, 1.54) is 10.7 Å². The second-order valence-electron chi connectivity index (χ2n) is 5.00. The fourth-order valence-corrected chi connectivity index (χ4v) is 3.89. The number of nitrogens with zero attached hydrogens (tertiary/aromatic N) is 1. The van der Waals surface area contributed by atoms with Crippen molar-refractivity contribution in [3.8, 4) is 5.75 Å². The number of rotatable bonds is 5. The van der Waals surface area contributed by atoms with Crippen LogP contribution in [0.5, 0.6) is 5.75 Å². The maximum absolute atomic E-state index is 12.3. The summed E-state index contributed by atoms with van der Waals surface area (Å²) in [4.78, 5) is 0. The standard InChI is InChI=1S/C15H21NO3S/c1-3-20(17,18)16(13-7-5-4-6-8-13)14-9-11-15(19-2)12-10-14/h3,9-13H,1,4-8H2,2H3. The molecule has 1 aliphatic carbocycles. The van der Waals surface area contributed by atoms with Crippen molar-refractivity contribution in [2.24, 2.45) is 0 Å². The molecule has 1 aromatic rings. The van der Waals surface area contributed by atoms with Gasteiger partial charge in [0.2, 0.25) is 0 Å². The smallest absolute Gasteiger partial charge is 0.257 e. The van der Waals surface area contributed by atoms with Crippen LogP contribution in [0.2, 0.25) is 0 Å². The Bertz CT molecular complexity index is 545. The van der Waals surface area contributed by atoms with Crippen LogP contribution in [0, 0.1) is 0 Å². The maximum atomic E-state index is 12.3. The molecular formula is C15H21NO3S. The quantitative estimate of drug-likeness (QED) is 0.837. The number of hydrogen-bond acceptors (Lipinski definition) is 3. The molecule has 0 unspecified atom stereocenters. The van der Waals surface area contributed by atoms with Crippen LogP contribution in [0.15, 0.2) is 36.3 Å². The Morgan fingerprint density at radius 3 is 2.30 bits per heavy atom. The van der Waals surface area contributed by atoms with E-state index in [0.717, 1.165) is 31.1 Å². The van der Waals surface area contributed by atoms with E-state index in [1.54, 1.807) is 31.4 Å². The molecule has 0 saturated heterocycles. The molecule has 0 spiro atoms. The molecule has 2 rings (SSSR count). The Kier molecular flexibility index (Phi) is 4.70. The van der Waals surface area contributed by atoms with Gasteiger partial charge in [-0.1, -0.05) is 25.8 Å². The molecule has 0 aliphatic heterocycles. The summed E-state index contributed by atoms with van der Waals surface area (Å²) in [6.45, 7) is 3.45. The number of benzene rings is 1. The topological polar surface area (TPSA) is 46.6 Å². The van der Waals surface area contributed by atoms with Crippen molar-refractivity contribution in [1.29, 1.82) is 0 Å². The third kappa shape index (κ3) is 3.15.